The predicted molar refractivity (Wildman–Crippen MR) is 105 cm³/mol. The molecule has 0 aliphatic rings. The van der Waals surface area contributed by atoms with Gasteiger partial charge >= 0.3 is 0 Å². The van der Waals surface area contributed by atoms with Gasteiger partial charge in [-0.05, 0) is 37.3 Å². The van der Waals surface area contributed by atoms with E-state index in [-0.39, 0.29) is 11.1 Å². The van der Waals surface area contributed by atoms with Crippen molar-refractivity contribution >= 4 is 44.3 Å². The summed E-state index contributed by atoms with van der Waals surface area (Å²) in [4.78, 5) is 17.6. The van der Waals surface area contributed by atoms with Gasteiger partial charge in [0.05, 0.1) is 16.4 Å². The molecular weight excluding hydrogens is 340 g/mol. The van der Waals surface area contributed by atoms with Crippen LogP contribution in [-0.4, -0.2) is 15.9 Å². The van der Waals surface area contributed by atoms with Crippen molar-refractivity contribution in [1.29, 1.82) is 5.26 Å². The average Bonchev–Trinajstić information content (AvgIpc) is 3.07. The lowest BCUT2D eigenvalue weighted by Gasteiger charge is -2.07. The smallest absolute Gasteiger partial charge is 0.278 e. The maximum absolute atomic E-state index is 13.0. The zero-order valence-corrected chi connectivity index (χ0v) is 14.5. The van der Waals surface area contributed by atoms with Gasteiger partial charge in [0.2, 0.25) is 0 Å². The molecule has 2 aromatic carbocycles. The monoisotopic (exact) mass is 354 g/mol. The van der Waals surface area contributed by atoms with Crippen molar-refractivity contribution in [1.82, 2.24) is 9.38 Å². The first-order chi connectivity index (χ1) is 13.2. The van der Waals surface area contributed by atoms with E-state index in [2.05, 4.69) is 10.3 Å². The van der Waals surface area contributed by atoms with Gasteiger partial charge in [0.25, 0.3) is 5.56 Å². The summed E-state index contributed by atoms with van der Waals surface area (Å²) in [5.74, 6) is 0. The number of para-hydroxylation sites is 2. The van der Waals surface area contributed by atoms with E-state index in [1.54, 1.807) is 0 Å². The quantitative estimate of drug-likeness (QED) is 0.484. The lowest BCUT2D eigenvalue weighted by molar-refractivity contribution is 0.658. The highest BCUT2D eigenvalue weighted by Crippen LogP contribution is 2.30. The third kappa shape index (κ3) is 2.12. The molecule has 5 aromatic rings. The largest absolute Gasteiger partial charge is 0.454 e. The van der Waals surface area contributed by atoms with Crippen molar-refractivity contribution in [3.05, 3.63) is 64.4 Å². The summed E-state index contributed by atoms with van der Waals surface area (Å²) in [6.07, 6.45) is 0. The van der Waals surface area contributed by atoms with E-state index in [0.29, 0.717) is 27.6 Å². The molecule has 0 atom stereocenters. The molecule has 0 saturated heterocycles. The SMILES string of the molecule is CCNc1ccc2cc3c(oc2c1)c(C#N)c(=O)n1c2ccccc2nc31. The fourth-order valence-electron chi connectivity index (χ4n) is 3.51. The van der Waals surface area contributed by atoms with Crippen LogP contribution in [0.5, 0.6) is 0 Å². The van der Waals surface area contributed by atoms with Crippen LogP contribution < -0.4 is 10.9 Å². The molecule has 0 fully saturated rings. The van der Waals surface area contributed by atoms with Crippen molar-refractivity contribution in [3.63, 3.8) is 0 Å². The molecule has 0 bridgehead atoms. The van der Waals surface area contributed by atoms with Crippen LogP contribution in [0.2, 0.25) is 0 Å². The lowest BCUT2D eigenvalue weighted by Crippen LogP contribution is -2.16. The number of pyridine rings is 1. The Kier molecular flexibility index (Phi) is 3.18. The van der Waals surface area contributed by atoms with E-state index in [4.69, 9.17) is 4.42 Å². The number of nitrogens with zero attached hydrogens (tertiary/aromatic N) is 3. The Balaban J connectivity index is 2.00. The normalized spacial score (nSPS) is 11.4. The molecule has 3 aromatic heterocycles. The van der Waals surface area contributed by atoms with Crippen LogP contribution in [0, 0.1) is 11.3 Å². The molecule has 0 saturated carbocycles. The molecule has 0 unspecified atom stereocenters. The Bertz CT molecular complexity index is 1470. The number of rotatable bonds is 2. The zero-order valence-electron chi connectivity index (χ0n) is 14.5. The Labute approximate surface area is 153 Å². The molecule has 0 aliphatic heterocycles. The highest BCUT2D eigenvalue weighted by molar-refractivity contribution is 6.02. The maximum atomic E-state index is 13.0. The number of hydrogen-bond donors (Lipinski definition) is 1. The Morgan fingerprint density at radius 2 is 2.07 bits per heavy atom. The molecule has 27 heavy (non-hydrogen) atoms. The Morgan fingerprint density at radius 3 is 2.89 bits per heavy atom. The van der Waals surface area contributed by atoms with Crippen molar-refractivity contribution in [2.45, 2.75) is 6.92 Å². The Morgan fingerprint density at radius 1 is 1.22 bits per heavy atom. The van der Waals surface area contributed by atoms with Crippen LogP contribution in [0.4, 0.5) is 5.69 Å². The van der Waals surface area contributed by atoms with E-state index in [9.17, 15) is 10.1 Å². The van der Waals surface area contributed by atoms with Gasteiger partial charge in [0.15, 0.2) is 16.8 Å². The fourth-order valence-corrected chi connectivity index (χ4v) is 3.51. The van der Waals surface area contributed by atoms with Gasteiger partial charge in [-0.25, -0.2) is 4.98 Å². The second-order valence-electron chi connectivity index (χ2n) is 6.32. The summed E-state index contributed by atoms with van der Waals surface area (Å²) in [5, 5.41) is 14.4. The van der Waals surface area contributed by atoms with Crippen molar-refractivity contribution < 1.29 is 4.42 Å². The third-order valence-corrected chi connectivity index (χ3v) is 4.71. The topological polar surface area (TPSA) is 83.3 Å². The van der Waals surface area contributed by atoms with Crippen LogP contribution in [0.15, 0.2) is 57.7 Å². The van der Waals surface area contributed by atoms with Gasteiger partial charge in [0, 0.05) is 23.7 Å². The third-order valence-electron chi connectivity index (χ3n) is 4.71. The number of nitriles is 1. The van der Waals surface area contributed by atoms with Gasteiger partial charge in [0.1, 0.15) is 11.7 Å². The maximum Gasteiger partial charge on any atom is 0.278 e. The standard InChI is InChI=1S/C21H14N4O2/c1-2-23-13-8-7-12-9-14-19(27-18(12)10-13)15(11-22)21(26)25-17-6-4-3-5-16(17)24-20(14)25/h3-10,23H,2H2,1H3. The highest BCUT2D eigenvalue weighted by atomic mass is 16.3. The van der Waals surface area contributed by atoms with E-state index in [0.717, 1.165) is 17.6 Å². The van der Waals surface area contributed by atoms with Crippen LogP contribution >= 0.6 is 0 Å². The van der Waals surface area contributed by atoms with E-state index >= 15 is 0 Å². The highest BCUT2D eigenvalue weighted by Gasteiger charge is 2.19. The molecule has 5 rings (SSSR count). The van der Waals surface area contributed by atoms with E-state index in [1.807, 2.05) is 61.5 Å². The second-order valence-corrected chi connectivity index (χ2v) is 6.32. The van der Waals surface area contributed by atoms with Crippen LogP contribution in [-0.2, 0) is 0 Å². The van der Waals surface area contributed by atoms with Crippen molar-refractivity contribution in [2.75, 3.05) is 11.9 Å². The minimum Gasteiger partial charge on any atom is -0.454 e. The molecule has 130 valence electrons. The molecule has 0 spiro atoms. The fraction of sp³-hybridized carbons (Fsp3) is 0.0952. The number of aromatic nitrogens is 2. The first kappa shape index (κ1) is 15.4. The van der Waals surface area contributed by atoms with Gasteiger partial charge in [-0.1, -0.05) is 12.1 Å². The molecule has 6 heteroatoms. The Hall–Kier alpha value is -3.85. The number of fused-ring (bicyclic) bond motifs is 6. The average molecular weight is 354 g/mol. The summed E-state index contributed by atoms with van der Waals surface area (Å²) < 4.78 is 7.51. The minimum absolute atomic E-state index is 0.0172. The summed E-state index contributed by atoms with van der Waals surface area (Å²) in [6.45, 7) is 2.80. The summed E-state index contributed by atoms with van der Waals surface area (Å²) in [6, 6.07) is 17.1. The van der Waals surface area contributed by atoms with Crippen molar-refractivity contribution in [3.8, 4) is 6.07 Å². The minimum atomic E-state index is -0.417. The molecule has 1 N–H and O–H groups in total. The number of nitrogens with one attached hydrogen (secondary N) is 1. The molecule has 6 nitrogen and oxygen atoms in total. The molecule has 0 amide bonds. The zero-order chi connectivity index (χ0) is 18.5. The first-order valence-electron chi connectivity index (χ1n) is 8.66. The second kappa shape index (κ2) is 5.58. The van der Waals surface area contributed by atoms with Crippen LogP contribution in [0.3, 0.4) is 0 Å². The molecular formula is C21H14N4O2. The number of imidazole rings is 1. The number of benzene rings is 2. The van der Waals surface area contributed by atoms with Gasteiger partial charge in [-0.15, -0.1) is 0 Å². The summed E-state index contributed by atoms with van der Waals surface area (Å²) >= 11 is 0. The van der Waals surface area contributed by atoms with Gasteiger partial charge in [-0.2, -0.15) is 5.26 Å². The van der Waals surface area contributed by atoms with Crippen molar-refractivity contribution in [2.24, 2.45) is 0 Å². The van der Waals surface area contributed by atoms with Crippen LogP contribution in [0.25, 0.3) is 38.6 Å². The number of hydrogen-bond acceptors (Lipinski definition) is 5. The van der Waals surface area contributed by atoms with Crippen LogP contribution in [0.1, 0.15) is 12.5 Å². The first-order valence-corrected chi connectivity index (χ1v) is 8.66. The summed E-state index contributed by atoms with van der Waals surface area (Å²) in [7, 11) is 0. The molecule has 0 aliphatic carbocycles. The predicted octanol–water partition coefficient (Wildman–Crippen LogP) is 4.05. The summed E-state index contributed by atoms with van der Waals surface area (Å²) in [5.41, 5.74) is 3.24. The van der Waals surface area contributed by atoms with Gasteiger partial charge in [-0.3, -0.25) is 9.20 Å². The van der Waals surface area contributed by atoms with E-state index in [1.165, 1.54) is 4.40 Å². The number of anilines is 1. The van der Waals surface area contributed by atoms with E-state index < -0.39 is 5.56 Å². The molecule has 3 heterocycles. The molecule has 0 radical (unpaired) electrons. The lowest BCUT2D eigenvalue weighted by atomic mass is 10.1. The van der Waals surface area contributed by atoms with Gasteiger partial charge < -0.3 is 9.73 Å².